The number of benzene rings is 1. The van der Waals surface area contributed by atoms with Gasteiger partial charge in [-0.1, -0.05) is 0 Å². The number of nitrogens with one attached hydrogen (secondary N) is 1. The zero-order valence-electron chi connectivity index (χ0n) is 10.3. The Kier molecular flexibility index (Phi) is 3.02. The summed E-state index contributed by atoms with van der Waals surface area (Å²) in [6, 6.07) is 9.56. The topological polar surface area (TPSA) is 73.1 Å². The Morgan fingerprint density at radius 2 is 1.95 bits per heavy atom. The molecular weight excluding hydrogens is 260 g/mol. The molecule has 2 heterocycles. The monoisotopic (exact) mass is 272 g/mol. The van der Waals surface area contributed by atoms with Crippen molar-refractivity contribution in [3.63, 3.8) is 0 Å². The van der Waals surface area contributed by atoms with Gasteiger partial charge < -0.3 is 10.2 Å². The molecule has 1 aromatic carbocycles. The molecule has 0 unspecified atom stereocenters. The van der Waals surface area contributed by atoms with Gasteiger partial charge in [0.15, 0.2) is 11.6 Å². The zero-order valence-corrected chi connectivity index (χ0v) is 11.1. The molecule has 0 saturated carbocycles. The van der Waals surface area contributed by atoms with Crippen molar-refractivity contribution in [1.29, 1.82) is 0 Å². The highest BCUT2D eigenvalue weighted by Gasteiger charge is 2.09. The summed E-state index contributed by atoms with van der Waals surface area (Å²) < 4.78 is 5.14. The first-order valence-electron chi connectivity index (χ1n) is 5.68. The van der Waals surface area contributed by atoms with Crippen molar-refractivity contribution in [3.05, 3.63) is 35.7 Å². The predicted molar refractivity (Wildman–Crippen MR) is 77.2 cm³/mol. The third-order valence-electron chi connectivity index (χ3n) is 2.81. The van der Waals surface area contributed by atoms with Crippen LogP contribution in [-0.4, -0.2) is 17.1 Å². The number of anilines is 1. The summed E-state index contributed by atoms with van der Waals surface area (Å²) in [5.74, 6) is 7.60. The summed E-state index contributed by atoms with van der Waals surface area (Å²) in [7, 11) is 1.64. The average molecular weight is 272 g/mol. The molecule has 0 radical (unpaired) electrons. The number of hydrogen-bond acceptors (Lipinski definition) is 6. The molecule has 0 spiro atoms. The van der Waals surface area contributed by atoms with Crippen LogP contribution in [0.4, 0.5) is 5.82 Å². The summed E-state index contributed by atoms with van der Waals surface area (Å²) in [4.78, 5) is 9.89. The molecule has 0 aliphatic carbocycles. The van der Waals surface area contributed by atoms with Crippen molar-refractivity contribution >= 4 is 27.4 Å². The first-order chi connectivity index (χ1) is 9.31. The molecular formula is C13H12N4OS. The van der Waals surface area contributed by atoms with Crippen LogP contribution in [0.15, 0.2) is 35.7 Å². The maximum absolute atomic E-state index is 5.51. The molecule has 3 N–H and O–H groups in total. The highest BCUT2D eigenvalue weighted by molar-refractivity contribution is 7.16. The fourth-order valence-corrected chi connectivity index (χ4v) is 2.60. The molecule has 3 rings (SSSR count). The van der Waals surface area contributed by atoms with E-state index in [0.717, 1.165) is 21.5 Å². The minimum atomic E-state index is 0.636. The van der Waals surface area contributed by atoms with Gasteiger partial charge in [-0.05, 0) is 35.7 Å². The number of nitrogens with two attached hydrogens (primary N) is 1. The smallest absolute Gasteiger partial charge is 0.163 e. The molecule has 96 valence electrons. The highest BCUT2D eigenvalue weighted by atomic mass is 32.1. The first kappa shape index (κ1) is 11.9. The number of ether oxygens (including phenoxy) is 1. The second-order valence-corrected chi connectivity index (χ2v) is 4.80. The summed E-state index contributed by atoms with van der Waals surface area (Å²) in [6.45, 7) is 0. The molecule has 2 aromatic heterocycles. The summed E-state index contributed by atoms with van der Waals surface area (Å²) in [6.07, 6.45) is 0. The van der Waals surface area contributed by atoms with E-state index in [1.807, 2.05) is 35.7 Å². The zero-order chi connectivity index (χ0) is 13.2. The Labute approximate surface area is 114 Å². The fraction of sp³-hybridized carbons (Fsp3) is 0.0769. The van der Waals surface area contributed by atoms with Gasteiger partial charge in [0.25, 0.3) is 0 Å². The average Bonchev–Trinajstić information content (AvgIpc) is 2.94. The lowest BCUT2D eigenvalue weighted by Crippen LogP contribution is -2.09. The number of hydrazine groups is 1. The van der Waals surface area contributed by atoms with E-state index >= 15 is 0 Å². The van der Waals surface area contributed by atoms with Crippen LogP contribution >= 0.6 is 11.3 Å². The Hall–Kier alpha value is -2.18. The largest absolute Gasteiger partial charge is 0.497 e. The molecule has 19 heavy (non-hydrogen) atoms. The number of hydrogen-bond donors (Lipinski definition) is 2. The second-order valence-electron chi connectivity index (χ2n) is 3.91. The van der Waals surface area contributed by atoms with Crippen molar-refractivity contribution in [2.75, 3.05) is 12.5 Å². The normalized spacial score (nSPS) is 10.6. The predicted octanol–water partition coefficient (Wildman–Crippen LogP) is 2.65. The number of nitrogens with zero attached hydrogens (tertiary/aromatic N) is 2. The van der Waals surface area contributed by atoms with E-state index in [1.165, 1.54) is 0 Å². The molecule has 6 heteroatoms. The fourth-order valence-electron chi connectivity index (χ4n) is 1.83. The van der Waals surface area contributed by atoms with Crippen LogP contribution in [0.5, 0.6) is 5.75 Å². The summed E-state index contributed by atoms with van der Waals surface area (Å²) in [5.41, 5.74) is 3.54. The van der Waals surface area contributed by atoms with Crippen molar-refractivity contribution in [1.82, 2.24) is 9.97 Å². The van der Waals surface area contributed by atoms with Crippen molar-refractivity contribution in [3.8, 4) is 17.1 Å². The van der Waals surface area contributed by atoms with Crippen LogP contribution in [-0.2, 0) is 0 Å². The molecule has 0 atom stereocenters. The number of rotatable bonds is 3. The molecule has 0 saturated heterocycles. The summed E-state index contributed by atoms with van der Waals surface area (Å²) >= 11 is 1.56. The van der Waals surface area contributed by atoms with E-state index in [1.54, 1.807) is 18.4 Å². The van der Waals surface area contributed by atoms with Gasteiger partial charge in [0.2, 0.25) is 0 Å². The van der Waals surface area contributed by atoms with E-state index in [0.29, 0.717) is 11.6 Å². The maximum Gasteiger partial charge on any atom is 0.163 e. The molecule has 0 aliphatic heterocycles. The summed E-state index contributed by atoms with van der Waals surface area (Å²) in [5, 5.41) is 2.91. The molecule has 0 fully saturated rings. The van der Waals surface area contributed by atoms with Gasteiger partial charge in [0.05, 0.1) is 12.5 Å². The minimum absolute atomic E-state index is 0.636. The van der Waals surface area contributed by atoms with Crippen LogP contribution in [0, 0.1) is 0 Å². The molecule has 0 bridgehead atoms. The number of methoxy groups -OCH3 is 1. The Morgan fingerprint density at radius 3 is 2.63 bits per heavy atom. The number of aromatic nitrogens is 2. The lowest BCUT2D eigenvalue weighted by atomic mass is 10.2. The van der Waals surface area contributed by atoms with Gasteiger partial charge >= 0.3 is 0 Å². The van der Waals surface area contributed by atoms with Gasteiger partial charge in [-0.2, -0.15) is 0 Å². The molecule has 0 aliphatic rings. The Morgan fingerprint density at radius 1 is 1.16 bits per heavy atom. The van der Waals surface area contributed by atoms with Gasteiger partial charge in [-0.3, -0.25) is 0 Å². The lowest BCUT2D eigenvalue weighted by Gasteiger charge is -2.06. The highest BCUT2D eigenvalue weighted by Crippen LogP contribution is 2.28. The standard InChI is InChI=1S/C13H12N4OS/c1-18-9-4-2-8(3-5-9)11-15-12(17-14)10-6-7-19-13(10)16-11/h2-7H,14H2,1H3,(H,15,16,17). The van der Waals surface area contributed by atoms with Crippen LogP contribution in [0.2, 0.25) is 0 Å². The van der Waals surface area contributed by atoms with Crippen LogP contribution in [0.3, 0.4) is 0 Å². The van der Waals surface area contributed by atoms with Gasteiger partial charge in [-0.25, -0.2) is 15.8 Å². The quantitative estimate of drug-likeness (QED) is 0.566. The van der Waals surface area contributed by atoms with Crippen molar-refractivity contribution in [2.45, 2.75) is 0 Å². The number of nitrogen functional groups attached to an aromatic ring is 1. The van der Waals surface area contributed by atoms with Crippen LogP contribution in [0.1, 0.15) is 0 Å². The third kappa shape index (κ3) is 2.11. The molecule has 0 amide bonds. The first-order valence-corrected chi connectivity index (χ1v) is 6.56. The van der Waals surface area contributed by atoms with Gasteiger partial charge in [0.1, 0.15) is 10.6 Å². The van der Waals surface area contributed by atoms with E-state index in [4.69, 9.17) is 10.6 Å². The van der Waals surface area contributed by atoms with Gasteiger partial charge in [-0.15, -0.1) is 11.3 Å². The van der Waals surface area contributed by atoms with Crippen LogP contribution in [0.25, 0.3) is 21.6 Å². The Balaban J connectivity index is 2.12. The number of fused-ring (bicyclic) bond motifs is 1. The lowest BCUT2D eigenvalue weighted by molar-refractivity contribution is 0.415. The van der Waals surface area contributed by atoms with E-state index in [2.05, 4.69) is 15.4 Å². The third-order valence-corrected chi connectivity index (χ3v) is 3.62. The van der Waals surface area contributed by atoms with Crippen molar-refractivity contribution in [2.24, 2.45) is 5.84 Å². The number of thiophene rings is 1. The van der Waals surface area contributed by atoms with Crippen LogP contribution < -0.4 is 16.0 Å². The molecule has 5 nitrogen and oxygen atoms in total. The van der Waals surface area contributed by atoms with E-state index < -0.39 is 0 Å². The van der Waals surface area contributed by atoms with E-state index in [-0.39, 0.29) is 0 Å². The molecule has 3 aromatic rings. The van der Waals surface area contributed by atoms with Crippen molar-refractivity contribution < 1.29 is 4.74 Å². The maximum atomic E-state index is 5.51. The van der Waals surface area contributed by atoms with E-state index in [9.17, 15) is 0 Å². The SMILES string of the molecule is COc1ccc(-c2nc(NN)c3ccsc3n2)cc1. The Bertz CT molecular complexity index is 708. The minimum Gasteiger partial charge on any atom is -0.497 e. The second kappa shape index (κ2) is 4.83. The van der Waals surface area contributed by atoms with Gasteiger partial charge in [0, 0.05) is 5.56 Å².